The lowest BCUT2D eigenvalue weighted by Crippen LogP contribution is -2.13. The first kappa shape index (κ1) is 16.8. The first-order valence-electron chi connectivity index (χ1n) is 7.95. The van der Waals surface area contributed by atoms with E-state index in [1.165, 1.54) is 0 Å². The Hall–Kier alpha value is -2.55. The number of amides is 1. The van der Waals surface area contributed by atoms with E-state index in [0.717, 1.165) is 29.8 Å². The number of anilines is 2. The van der Waals surface area contributed by atoms with E-state index >= 15 is 0 Å². The molecule has 0 unspecified atom stereocenters. The van der Waals surface area contributed by atoms with Crippen LogP contribution in [0, 0.1) is 0 Å². The molecule has 0 saturated carbocycles. The van der Waals surface area contributed by atoms with Crippen molar-refractivity contribution < 1.29 is 4.79 Å². The molecule has 0 aliphatic carbocycles. The van der Waals surface area contributed by atoms with E-state index < -0.39 is 0 Å². The standard InChI is InChI=1S/C20H24N2O/c1-4-5-6-8-16-11-13-17(14-12-16)20(23)21-18-9-7-10-19(15-18)22(2)3/h6-15H,4-5H2,1-3H3,(H,21,23). The summed E-state index contributed by atoms with van der Waals surface area (Å²) in [5.41, 5.74) is 3.63. The summed E-state index contributed by atoms with van der Waals surface area (Å²) in [5, 5.41) is 2.94. The second kappa shape index (κ2) is 8.18. The SMILES string of the molecule is CCCC=Cc1ccc(C(=O)Nc2cccc(N(C)C)c2)cc1. The van der Waals surface area contributed by atoms with Gasteiger partial charge >= 0.3 is 0 Å². The maximum Gasteiger partial charge on any atom is 0.255 e. The van der Waals surface area contributed by atoms with Gasteiger partial charge in [-0.3, -0.25) is 4.79 Å². The molecule has 23 heavy (non-hydrogen) atoms. The van der Waals surface area contributed by atoms with Crippen LogP contribution in [0.15, 0.2) is 54.6 Å². The van der Waals surface area contributed by atoms with Crippen molar-refractivity contribution in [1.29, 1.82) is 0 Å². The van der Waals surface area contributed by atoms with Crippen molar-refractivity contribution in [2.45, 2.75) is 19.8 Å². The zero-order valence-electron chi connectivity index (χ0n) is 14.0. The molecule has 2 aromatic rings. The van der Waals surface area contributed by atoms with Gasteiger partial charge in [-0.05, 0) is 42.3 Å². The number of carbonyl (C=O) groups is 1. The summed E-state index contributed by atoms with van der Waals surface area (Å²) in [6, 6.07) is 15.5. The van der Waals surface area contributed by atoms with Crippen molar-refractivity contribution in [1.82, 2.24) is 0 Å². The molecule has 0 atom stereocenters. The van der Waals surface area contributed by atoms with Crippen LogP contribution < -0.4 is 10.2 Å². The Morgan fingerprint density at radius 2 is 1.87 bits per heavy atom. The van der Waals surface area contributed by atoms with Gasteiger partial charge < -0.3 is 10.2 Å². The zero-order valence-corrected chi connectivity index (χ0v) is 14.0. The third-order valence-corrected chi connectivity index (χ3v) is 3.56. The lowest BCUT2D eigenvalue weighted by molar-refractivity contribution is 0.102. The summed E-state index contributed by atoms with van der Waals surface area (Å²) >= 11 is 0. The Morgan fingerprint density at radius 3 is 2.52 bits per heavy atom. The van der Waals surface area contributed by atoms with Crippen molar-refractivity contribution in [3.05, 3.63) is 65.7 Å². The second-order valence-electron chi connectivity index (χ2n) is 5.71. The number of hydrogen-bond acceptors (Lipinski definition) is 2. The second-order valence-corrected chi connectivity index (χ2v) is 5.71. The lowest BCUT2D eigenvalue weighted by Gasteiger charge is -2.14. The number of nitrogens with one attached hydrogen (secondary N) is 1. The summed E-state index contributed by atoms with van der Waals surface area (Å²) < 4.78 is 0. The van der Waals surface area contributed by atoms with Crippen molar-refractivity contribution in [3.8, 4) is 0 Å². The van der Waals surface area contributed by atoms with Crippen LogP contribution in [0.5, 0.6) is 0 Å². The van der Waals surface area contributed by atoms with Crippen LogP contribution in [0.3, 0.4) is 0 Å². The first-order valence-corrected chi connectivity index (χ1v) is 7.95. The molecule has 0 aliphatic heterocycles. The summed E-state index contributed by atoms with van der Waals surface area (Å²) in [7, 11) is 3.96. The van der Waals surface area contributed by atoms with E-state index in [-0.39, 0.29) is 5.91 Å². The average molecular weight is 308 g/mol. The number of hydrogen-bond donors (Lipinski definition) is 1. The van der Waals surface area contributed by atoms with Crippen LogP contribution in [0.1, 0.15) is 35.7 Å². The predicted molar refractivity (Wildman–Crippen MR) is 99.1 cm³/mol. The molecule has 0 aliphatic rings. The lowest BCUT2D eigenvalue weighted by atomic mass is 10.1. The van der Waals surface area contributed by atoms with E-state index in [9.17, 15) is 4.79 Å². The van der Waals surface area contributed by atoms with Gasteiger partial charge in [-0.2, -0.15) is 0 Å². The van der Waals surface area contributed by atoms with Crippen LogP contribution >= 0.6 is 0 Å². The van der Waals surface area contributed by atoms with Crippen LogP contribution in [0.2, 0.25) is 0 Å². The molecule has 0 radical (unpaired) electrons. The Labute approximate surface area is 138 Å². The van der Waals surface area contributed by atoms with Crippen LogP contribution in [-0.2, 0) is 0 Å². The van der Waals surface area contributed by atoms with Crippen molar-refractivity contribution >= 4 is 23.4 Å². The van der Waals surface area contributed by atoms with Crippen molar-refractivity contribution in [2.75, 3.05) is 24.3 Å². The normalized spacial score (nSPS) is 10.7. The van der Waals surface area contributed by atoms with Crippen LogP contribution in [-0.4, -0.2) is 20.0 Å². The molecular formula is C20H24N2O. The monoisotopic (exact) mass is 308 g/mol. The number of carbonyl (C=O) groups excluding carboxylic acids is 1. The Kier molecular flexibility index (Phi) is 5.98. The molecule has 1 N–H and O–H groups in total. The average Bonchev–Trinajstić information content (AvgIpc) is 2.56. The minimum atomic E-state index is -0.0926. The summed E-state index contributed by atoms with van der Waals surface area (Å²) in [6.45, 7) is 2.16. The molecule has 0 heterocycles. The Balaban J connectivity index is 2.04. The molecule has 2 rings (SSSR count). The van der Waals surface area contributed by atoms with Crippen LogP contribution in [0.25, 0.3) is 6.08 Å². The molecular weight excluding hydrogens is 284 g/mol. The number of allylic oxidation sites excluding steroid dienone is 1. The first-order chi connectivity index (χ1) is 11.1. The molecule has 120 valence electrons. The number of unbranched alkanes of at least 4 members (excludes halogenated alkanes) is 1. The predicted octanol–water partition coefficient (Wildman–Crippen LogP) is 4.82. The van der Waals surface area contributed by atoms with Gasteiger partial charge in [-0.25, -0.2) is 0 Å². The van der Waals surface area contributed by atoms with E-state index in [1.807, 2.05) is 67.5 Å². The largest absolute Gasteiger partial charge is 0.378 e. The molecule has 0 spiro atoms. The van der Waals surface area contributed by atoms with Gasteiger partial charge in [0.15, 0.2) is 0 Å². The van der Waals surface area contributed by atoms with Gasteiger partial charge in [-0.15, -0.1) is 0 Å². The van der Waals surface area contributed by atoms with Crippen molar-refractivity contribution in [3.63, 3.8) is 0 Å². The van der Waals surface area contributed by atoms with Crippen LogP contribution in [0.4, 0.5) is 11.4 Å². The Morgan fingerprint density at radius 1 is 1.13 bits per heavy atom. The minimum absolute atomic E-state index is 0.0926. The van der Waals surface area contributed by atoms with Gasteiger partial charge in [0, 0.05) is 31.0 Å². The minimum Gasteiger partial charge on any atom is -0.378 e. The van der Waals surface area contributed by atoms with E-state index in [1.54, 1.807) is 0 Å². The highest BCUT2D eigenvalue weighted by Gasteiger charge is 2.06. The molecule has 0 aromatic heterocycles. The van der Waals surface area contributed by atoms with E-state index in [0.29, 0.717) is 5.56 Å². The van der Waals surface area contributed by atoms with E-state index in [4.69, 9.17) is 0 Å². The van der Waals surface area contributed by atoms with Gasteiger partial charge in [0.2, 0.25) is 0 Å². The third-order valence-electron chi connectivity index (χ3n) is 3.56. The quantitative estimate of drug-likeness (QED) is 0.830. The molecule has 2 aromatic carbocycles. The summed E-state index contributed by atoms with van der Waals surface area (Å²) in [6.07, 6.45) is 6.46. The number of benzene rings is 2. The molecule has 3 nitrogen and oxygen atoms in total. The third kappa shape index (κ3) is 4.99. The number of nitrogens with zero attached hydrogens (tertiary/aromatic N) is 1. The molecule has 3 heteroatoms. The van der Waals surface area contributed by atoms with Crippen molar-refractivity contribution in [2.24, 2.45) is 0 Å². The summed E-state index contributed by atoms with van der Waals surface area (Å²) in [5.74, 6) is -0.0926. The maximum atomic E-state index is 12.3. The van der Waals surface area contributed by atoms with Gasteiger partial charge in [-0.1, -0.05) is 43.7 Å². The maximum absolute atomic E-state index is 12.3. The molecule has 0 bridgehead atoms. The molecule has 1 amide bonds. The highest BCUT2D eigenvalue weighted by molar-refractivity contribution is 6.04. The smallest absolute Gasteiger partial charge is 0.255 e. The Bertz CT molecular complexity index is 672. The topological polar surface area (TPSA) is 32.3 Å². The molecule has 0 saturated heterocycles. The van der Waals surface area contributed by atoms with Gasteiger partial charge in [0.1, 0.15) is 0 Å². The van der Waals surface area contributed by atoms with Gasteiger partial charge in [0.05, 0.1) is 0 Å². The highest BCUT2D eigenvalue weighted by atomic mass is 16.1. The summed E-state index contributed by atoms with van der Waals surface area (Å²) in [4.78, 5) is 14.3. The highest BCUT2D eigenvalue weighted by Crippen LogP contribution is 2.18. The van der Waals surface area contributed by atoms with E-state index in [2.05, 4.69) is 24.4 Å². The zero-order chi connectivity index (χ0) is 16.7. The fourth-order valence-corrected chi connectivity index (χ4v) is 2.20. The fourth-order valence-electron chi connectivity index (χ4n) is 2.20. The molecule has 0 fully saturated rings. The number of rotatable bonds is 6. The van der Waals surface area contributed by atoms with Gasteiger partial charge in [0.25, 0.3) is 5.91 Å². The fraction of sp³-hybridized carbons (Fsp3) is 0.250.